The number of aromatic nitrogens is 3. The Bertz CT molecular complexity index is 1150. The number of carbonyl (C=O) groups excluding carboxylic acids is 2. The predicted molar refractivity (Wildman–Crippen MR) is 128 cm³/mol. The van der Waals surface area contributed by atoms with Gasteiger partial charge in [-0.05, 0) is 42.8 Å². The highest BCUT2D eigenvalue weighted by atomic mass is 35.5. The molecule has 1 heterocycles. The molecule has 0 unspecified atom stereocenters. The second-order valence-corrected chi connectivity index (χ2v) is 8.53. The Balaban J connectivity index is 1.62. The first kappa shape index (κ1) is 23.8. The summed E-state index contributed by atoms with van der Waals surface area (Å²) in [5.41, 5.74) is 1.93. The maximum atomic E-state index is 12.4. The van der Waals surface area contributed by atoms with Crippen LogP contribution in [-0.4, -0.2) is 32.3 Å². The minimum atomic E-state index is -0.272. The summed E-state index contributed by atoms with van der Waals surface area (Å²) >= 11 is 13.3. The lowest BCUT2D eigenvalue weighted by molar-refractivity contribution is -0.113. The van der Waals surface area contributed by atoms with Crippen LogP contribution in [0.2, 0.25) is 10.0 Å². The van der Waals surface area contributed by atoms with Crippen molar-refractivity contribution in [3.8, 4) is 0 Å². The number of nitrogens with zero attached hydrogens (tertiary/aromatic N) is 3. The summed E-state index contributed by atoms with van der Waals surface area (Å²) in [5, 5.41) is 15.6. The van der Waals surface area contributed by atoms with E-state index in [1.54, 1.807) is 53.1 Å². The Morgan fingerprint density at radius 2 is 1.97 bits per heavy atom. The number of thioether (sulfide) groups is 1. The molecule has 2 amide bonds. The zero-order valence-corrected chi connectivity index (χ0v) is 19.6. The van der Waals surface area contributed by atoms with Crippen LogP contribution in [0.3, 0.4) is 0 Å². The highest BCUT2D eigenvalue weighted by Crippen LogP contribution is 2.24. The maximum Gasteiger partial charge on any atom is 0.251 e. The molecule has 7 nitrogen and oxygen atoms in total. The molecule has 0 fully saturated rings. The summed E-state index contributed by atoms with van der Waals surface area (Å²) in [5.74, 6) is 0.222. The van der Waals surface area contributed by atoms with Crippen molar-refractivity contribution >= 4 is 52.5 Å². The van der Waals surface area contributed by atoms with Gasteiger partial charge in [0.25, 0.3) is 5.91 Å². The number of allylic oxidation sites excluding steroid dienone is 1. The summed E-state index contributed by atoms with van der Waals surface area (Å²) in [6.45, 7) is 6.21. The van der Waals surface area contributed by atoms with Crippen molar-refractivity contribution in [2.75, 3.05) is 11.1 Å². The molecule has 0 atom stereocenters. The number of hydrogen-bond acceptors (Lipinski definition) is 5. The number of nitrogens with one attached hydrogen (secondary N) is 2. The number of hydrogen-bond donors (Lipinski definition) is 2. The maximum absolute atomic E-state index is 12.4. The third-order valence-corrected chi connectivity index (χ3v) is 6.08. The molecule has 0 saturated carbocycles. The van der Waals surface area contributed by atoms with Crippen molar-refractivity contribution in [1.82, 2.24) is 20.1 Å². The Labute approximate surface area is 200 Å². The summed E-state index contributed by atoms with van der Waals surface area (Å²) in [4.78, 5) is 24.8. The minimum Gasteiger partial charge on any atom is -0.345 e. The van der Waals surface area contributed by atoms with Gasteiger partial charge in [0.05, 0.1) is 12.3 Å². The number of halogens is 2. The molecule has 0 radical (unpaired) electrons. The molecule has 0 aliphatic rings. The predicted octanol–water partition coefficient (Wildman–Crippen LogP) is 4.74. The first-order valence-corrected chi connectivity index (χ1v) is 11.4. The average Bonchev–Trinajstić information content (AvgIpc) is 3.15. The van der Waals surface area contributed by atoms with E-state index < -0.39 is 0 Å². The van der Waals surface area contributed by atoms with Crippen LogP contribution >= 0.6 is 35.0 Å². The van der Waals surface area contributed by atoms with E-state index in [0.717, 1.165) is 5.56 Å². The summed E-state index contributed by atoms with van der Waals surface area (Å²) < 4.78 is 1.80. The van der Waals surface area contributed by atoms with Crippen LogP contribution in [0.5, 0.6) is 0 Å². The fourth-order valence-electron chi connectivity index (χ4n) is 2.82. The lowest BCUT2D eigenvalue weighted by Crippen LogP contribution is -2.24. The van der Waals surface area contributed by atoms with Crippen LogP contribution in [-0.2, 0) is 17.9 Å². The Hall–Kier alpha value is -2.81. The molecule has 0 spiro atoms. The molecule has 0 aliphatic carbocycles. The Morgan fingerprint density at radius 1 is 1.19 bits per heavy atom. The fraction of sp³-hybridized carbons (Fsp3) is 0.182. The van der Waals surface area contributed by atoms with Crippen LogP contribution in [0.25, 0.3) is 0 Å². The molecule has 2 aromatic carbocycles. The summed E-state index contributed by atoms with van der Waals surface area (Å²) in [6.07, 6.45) is 1.70. The minimum absolute atomic E-state index is 0.135. The normalized spacial score (nSPS) is 10.6. The lowest BCUT2D eigenvalue weighted by atomic mass is 10.2. The van der Waals surface area contributed by atoms with Crippen molar-refractivity contribution in [2.45, 2.75) is 25.2 Å². The van der Waals surface area contributed by atoms with Gasteiger partial charge in [-0.25, -0.2) is 0 Å². The Morgan fingerprint density at radius 3 is 2.72 bits per heavy atom. The van der Waals surface area contributed by atoms with Gasteiger partial charge in [-0.2, -0.15) is 0 Å². The third kappa shape index (κ3) is 6.12. The smallest absolute Gasteiger partial charge is 0.251 e. The average molecular weight is 490 g/mol. The number of amides is 2. The monoisotopic (exact) mass is 489 g/mol. The molecular weight excluding hydrogens is 469 g/mol. The fourth-order valence-corrected chi connectivity index (χ4v) is 3.95. The van der Waals surface area contributed by atoms with Gasteiger partial charge in [0.2, 0.25) is 5.91 Å². The van der Waals surface area contributed by atoms with E-state index in [9.17, 15) is 9.59 Å². The van der Waals surface area contributed by atoms with E-state index in [0.29, 0.717) is 38.8 Å². The third-order valence-electron chi connectivity index (χ3n) is 4.47. The van der Waals surface area contributed by atoms with E-state index in [1.165, 1.54) is 11.8 Å². The van der Waals surface area contributed by atoms with Crippen molar-refractivity contribution in [3.63, 3.8) is 0 Å². The second-order valence-electron chi connectivity index (χ2n) is 6.74. The first-order chi connectivity index (χ1) is 15.4. The number of rotatable bonds is 9. The van der Waals surface area contributed by atoms with Crippen LogP contribution in [0.4, 0.5) is 5.69 Å². The zero-order chi connectivity index (χ0) is 23.1. The quantitative estimate of drug-likeness (QED) is 0.334. The molecule has 3 aromatic rings. The number of benzene rings is 2. The van der Waals surface area contributed by atoms with Crippen molar-refractivity contribution in [3.05, 3.63) is 82.1 Å². The molecule has 32 heavy (non-hydrogen) atoms. The van der Waals surface area contributed by atoms with Gasteiger partial charge in [-0.3, -0.25) is 9.59 Å². The van der Waals surface area contributed by atoms with Gasteiger partial charge in [-0.1, -0.05) is 53.2 Å². The molecular formula is C22H21Cl2N5O2S. The van der Waals surface area contributed by atoms with Crippen molar-refractivity contribution in [1.29, 1.82) is 0 Å². The van der Waals surface area contributed by atoms with Crippen LogP contribution in [0.15, 0.2) is 60.3 Å². The van der Waals surface area contributed by atoms with Gasteiger partial charge in [0.15, 0.2) is 11.0 Å². The van der Waals surface area contributed by atoms with Crippen molar-refractivity contribution in [2.24, 2.45) is 0 Å². The molecule has 0 aliphatic heterocycles. The first-order valence-electron chi connectivity index (χ1n) is 9.63. The molecule has 3 rings (SSSR count). The van der Waals surface area contributed by atoms with Gasteiger partial charge in [0.1, 0.15) is 0 Å². The summed E-state index contributed by atoms with van der Waals surface area (Å²) in [6, 6.07) is 12.0. The molecule has 166 valence electrons. The largest absolute Gasteiger partial charge is 0.345 e. The van der Waals surface area contributed by atoms with Crippen LogP contribution in [0, 0.1) is 6.92 Å². The lowest BCUT2D eigenvalue weighted by Gasteiger charge is -2.10. The molecule has 0 bridgehead atoms. The highest BCUT2D eigenvalue weighted by molar-refractivity contribution is 7.99. The zero-order valence-electron chi connectivity index (χ0n) is 17.3. The number of anilines is 1. The van der Waals surface area contributed by atoms with Gasteiger partial charge < -0.3 is 15.2 Å². The molecule has 10 heteroatoms. The SMILES string of the molecule is C=CCn1c(CNC(=O)c2cccc(Cl)c2)nnc1SCC(=O)Nc1cccc(Cl)c1C. The molecule has 1 aromatic heterocycles. The second kappa shape index (κ2) is 11.2. The number of carbonyl (C=O) groups is 2. The highest BCUT2D eigenvalue weighted by Gasteiger charge is 2.15. The molecule has 0 saturated heterocycles. The summed E-state index contributed by atoms with van der Waals surface area (Å²) in [7, 11) is 0. The van der Waals surface area contributed by atoms with Crippen LogP contribution in [0.1, 0.15) is 21.7 Å². The Kier molecular flexibility index (Phi) is 8.33. The van der Waals surface area contributed by atoms with E-state index >= 15 is 0 Å². The van der Waals surface area contributed by atoms with Crippen molar-refractivity contribution < 1.29 is 9.59 Å². The molecule has 2 N–H and O–H groups in total. The van der Waals surface area contributed by atoms with E-state index in [-0.39, 0.29) is 24.1 Å². The van der Waals surface area contributed by atoms with Gasteiger partial charge in [-0.15, -0.1) is 16.8 Å². The van der Waals surface area contributed by atoms with E-state index in [1.807, 2.05) is 6.92 Å². The topological polar surface area (TPSA) is 88.9 Å². The van der Waals surface area contributed by atoms with E-state index in [2.05, 4.69) is 27.4 Å². The van der Waals surface area contributed by atoms with Gasteiger partial charge in [0, 0.05) is 27.8 Å². The van der Waals surface area contributed by atoms with Crippen LogP contribution < -0.4 is 10.6 Å². The van der Waals surface area contributed by atoms with Gasteiger partial charge >= 0.3 is 0 Å². The van der Waals surface area contributed by atoms with E-state index in [4.69, 9.17) is 23.2 Å². The standard InChI is InChI=1S/C22H21Cl2N5O2S/c1-3-10-29-19(12-25-21(31)15-6-4-7-16(23)11-15)27-28-22(29)32-13-20(30)26-18-9-5-8-17(24)14(18)2/h3-9,11H,1,10,12-13H2,2H3,(H,25,31)(H,26,30).